The Bertz CT molecular complexity index is 1120. The number of ether oxygens (including phenoxy) is 3. The molecule has 6 nitrogen and oxygen atoms in total. The van der Waals surface area contributed by atoms with E-state index in [-0.39, 0.29) is 37.5 Å². The number of rotatable bonds is 46. The van der Waals surface area contributed by atoms with Crippen LogP contribution in [0.25, 0.3) is 0 Å². The SMILES string of the molecule is CC/C=C\C/C=C\C/C=C\C/C=C\C/C=C\CCCC(=O)OCC(COC(=O)CCCCCCCCCCCCC)OC(=O)CCCCCCCCCCCCCCCCC. The second-order valence-electron chi connectivity index (χ2n) is 17.1. The van der Waals surface area contributed by atoms with Crippen LogP contribution < -0.4 is 0 Å². The molecule has 352 valence electrons. The minimum absolute atomic E-state index is 0.0885. The van der Waals surface area contributed by atoms with Crippen molar-refractivity contribution in [2.45, 2.75) is 258 Å². The van der Waals surface area contributed by atoms with Crippen LogP contribution in [0, 0.1) is 0 Å². The van der Waals surface area contributed by atoms with Crippen LogP contribution in [0.1, 0.15) is 252 Å². The van der Waals surface area contributed by atoms with E-state index in [9.17, 15) is 14.4 Å². The number of unbranched alkanes of at least 4 members (excludes halogenated alkanes) is 25. The van der Waals surface area contributed by atoms with Crippen molar-refractivity contribution in [3.63, 3.8) is 0 Å². The summed E-state index contributed by atoms with van der Waals surface area (Å²) in [5.41, 5.74) is 0. The van der Waals surface area contributed by atoms with E-state index >= 15 is 0 Å². The van der Waals surface area contributed by atoms with Crippen LogP contribution in [0.3, 0.4) is 0 Å². The average Bonchev–Trinajstić information content (AvgIpc) is 3.26. The molecule has 0 saturated carbocycles. The third-order valence-electron chi connectivity index (χ3n) is 11.0. The largest absolute Gasteiger partial charge is 0.462 e. The van der Waals surface area contributed by atoms with Gasteiger partial charge in [0, 0.05) is 19.3 Å². The van der Waals surface area contributed by atoms with Gasteiger partial charge in [-0.3, -0.25) is 14.4 Å². The lowest BCUT2D eigenvalue weighted by molar-refractivity contribution is -0.167. The second-order valence-corrected chi connectivity index (χ2v) is 17.1. The lowest BCUT2D eigenvalue weighted by Gasteiger charge is -2.18. The molecule has 0 spiro atoms. The van der Waals surface area contributed by atoms with Crippen LogP contribution in [0.15, 0.2) is 60.8 Å². The van der Waals surface area contributed by atoms with Gasteiger partial charge in [0.05, 0.1) is 0 Å². The van der Waals surface area contributed by atoms with Gasteiger partial charge >= 0.3 is 17.9 Å². The Morgan fingerprint density at radius 3 is 1.00 bits per heavy atom. The molecule has 1 unspecified atom stereocenters. The Hall–Kier alpha value is -2.89. The molecule has 0 aromatic rings. The van der Waals surface area contributed by atoms with Gasteiger partial charge in [-0.1, -0.05) is 236 Å². The fourth-order valence-corrected chi connectivity index (χ4v) is 7.18. The Balaban J connectivity index is 4.44. The molecule has 1 atom stereocenters. The van der Waals surface area contributed by atoms with Crippen molar-refractivity contribution in [3.8, 4) is 0 Å². The maximum Gasteiger partial charge on any atom is 0.306 e. The number of hydrogen-bond donors (Lipinski definition) is 0. The van der Waals surface area contributed by atoms with E-state index in [2.05, 4.69) is 81.5 Å². The van der Waals surface area contributed by atoms with E-state index in [1.54, 1.807) is 0 Å². The summed E-state index contributed by atoms with van der Waals surface area (Å²) in [5.74, 6) is -0.943. The summed E-state index contributed by atoms with van der Waals surface area (Å²) in [5, 5.41) is 0. The van der Waals surface area contributed by atoms with Gasteiger partial charge in [0.15, 0.2) is 6.10 Å². The number of allylic oxidation sites excluding steroid dienone is 10. The van der Waals surface area contributed by atoms with Crippen LogP contribution in [0.4, 0.5) is 0 Å². The molecule has 0 N–H and O–H groups in total. The maximum absolute atomic E-state index is 12.8. The molecule has 0 aliphatic carbocycles. The topological polar surface area (TPSA) is 78.9 Å². The van der Waals surface area contributed by atoms with Crippen molar-refractivity contribution in [1.82, 2.24) is 0 Å². The molecule has 0 saturated heterocycles. The van der Waals surface area contributed by atoms with E-state index in [0.717, 1.165) is 77.0 Å². The first-order valence-electron chi connectivity index (χ1n) is 25.8. The van der Waals surface area contributed by atoms with Gasteiger partial charge in [-0.05, 0) is 57.8 Å². The van der Waals surface area contributed by atoms with Crippen molar-refractivity contribution in [2.75, 3.05) is 13.2 Å². The number of hydrogen-bond acceptors (Lipinski definition) is 6. The first kappa shape index (κ1) is 58.1. The average molecular weight is 853 g/mol. The van der Waals surface area contributed by atoms with Crippen LogP contribution in [-0.2, 0) is 28.6 Å². The molecule has 0 amide bonds. The molecule has 0 fully saturated rings. The fraction of sp³-hybridized carbons (Fsp3) is 0.764. The summed E-state index contributed by atoms with van der Waals surface area (Å²) in [6.45, 7) is 6.48. The summed E-state index contributed by atoms with van der Waals surface area (Å²) < 4.78 is 16.7. The molecule has 0 aliphatic heterocycles. The smallest absolute Gasteiger partial charge is 0.306 e. The molecular formula is C55H96O6. The molecule has 0 heterocycles. The lowest BCUT2D eigenvalue weighted by atomic mass is 10.0. The van der Waals surface area contributed by atoms with Gasteiger partial charge in [0.2, 0.25) is 0 Å². The van der Waals surface area contributed by atoms with Crippen LogP contribution in [-0.4, -0.2) is 37.2 Å². The maximum atomic E-state index is 12.8. The van der Waals surface area contributed by atoms with E-state index < -0.39 is 6.10 Å². The molecule has 0 bridgehead atoms. The fourth-order valence-electron chi connectivity index (χ4n) is 7.18. The highest BCUT2D eigenvalue weighted by Crippen LogP contribution is 2.15. The molecule has 0 aliphatic rings. The summed E-state index contributed by atoms with van der Waals surface area (Å²) in [7, 11) is 0. The van der Waals surface area contributed by atoms with Crippen molar-refractivity contribution in [2.24, 2.45) is 0 Å². The molecule has 0 radical (unpaired) electrons. The van der Waals surface area contributed by atoms with Crippen LogP contribution in [0.2, 0.25) is 0 Å². The zero-order valence-corrected chi connectivity index (χ0v) is 40.2. The van der Waals surface area contributed by atoms with Crippen molar-refractivity contribution < 1.29 is 28.6 Å². The summed E-state index contributed by atoms with van der Waals surface area (Å²) >= 11 is 0. The van der Waals surface area contributed by atoms with Crippen molar-refractivity contribution >= 4 is 17.9 Å². The van der Waals surface area contributed by atoms with Gasteiger partial charge in [-0.2, -0.15) is 0 Å². The first-order valence-corrected chi connectivity index (χ1v) is 25.8. The third-order valence-corrected chi connectivity index (χ3v) is 11.0. The van der Waals surface area contributed by atoms with E-state index in [0.29, 0.717) is 19.3 Å². The molecule has 0 rings (SSSR count). The summed E-state index contributed by atoms with van der Waals surface area (Å²) in [6, 6.07) is 0. The summed E-state index contributed by atoms with van der Waals surface area (Å²) in [6.07, 6.45) is 60.6. The Labute approximate surface area is 377 Å². The Kier molecular flexibility index (Phi) is 47.4. The van der Waals surface area contributed by atoms with E-state index in [1.807, 2.05) is 0 Å². The van der Waals surface area contributed by atoms with E-state index in [1.165, 1.54) is 128 Å². The Morgan fingerprint density at radius 2 is 0.639 bits per heavy atom. The molecule has 0 aromatic heterocycles. The quantitative estimate of drug-likeness (QED) is 0.0263. The molecule has 6 heteroatoms. The van der Waals surface area contributed by atoms with Crippen molar-refractivity contribution in [1.29, 1.82) is 0 Å². The predicted molar refractivity (Wildman–Crippen MR) is 261 cm³/mol. The zero-order valence-electron chi connectivity index (χ0n) is 40.2. The van der Waals surface area contributed by atoms with Gasteiger partial charge in [0.1, 0.15) is 13.2 Å². The van der Waals surface area contributed by atoms with Gasteiger partial charge in [-0.15, -0.1) is 0 Å². The van der Waals surface area contributed by atoms with Gasteiger partial charge in [-0.25, -0.2) is 0 Å². The monoisotopic (exact) mass is 853 g/mol. The first-order chi connectivity index (χ1) is 30.0. The van der Waals surface area contributed by atoms with Crippen molar-refractivity contribution in [3.05, 3.63) is 60.8 Å². The normalized spacial score (nSPS) is 12.5. The summed E-state index contributed by atoms with van der Waals surface area (Å²) in [4.78, 5) is 37.9. The highest BCUT2D eigenvalue weighted by Gasteiger charge is 2.19. The third kappa shape index (κ3) is 48.0. The van der Waals surface area contributed by atoms with Gasteiger partial charge in [0.25, 0.3) is 0 Å². The molecule has 0 aromatic carbocycles. The van der Waals surface area contributed by atoms with E-state index in [4.69, 9.17) is 14.2 Å². The zero-order chi connectivity index (χ0) is 44.4. The molecule has 61 heavy (non-hydrogen) atoms. The highest BCUT2D eigenvalue weighted by molar-refractivity contribution is 5.71. The standard InChI is InChI=1S/C55H96O6/c1-4-7-10-13-16-19-22-24-26-27-29-30-33-36-39-42-45-48-54(57)60-51-52(50-59-53(56)47-44-41-38-35-32-21-18-15-12-9-6-3)61-55(58)49-46-43-40-37-34-31-28-25-23-20-17-14-11-8-5-2/h7,10,16,19,24,26,29-30,36,39,52H,4-6,8-9,11-15,17-18,20-23,25,27-28,31-35,37-38,40-51H2,1-3H3/b10-7-,19-16-,26-24-,30-29-,39-36-. The lowest BCUT2D eigenvalue weighted by Crippen LogP contribution is -2.30. The molecular weight excluding hydrogens is 757 g/mol. The second kappa shape index (κ2) is 49.8. The minimum Gasteiger partial charge on any atom is -0.462 e. The van der Waals surface area contributed by atoms with Crippen LogP contribution >= 0.6 is 0 Å². The number of carbonyl (C=O) groups excluding carboxylic acids is 3. The Morgan fingerprint density at radius 1 is 0.344 bits per heavy atom. The number of carbonyl (C=O) groups is 3. The van der Waals surface area contributed by atoms with Gasteiger partial charge < -0.3 is 14.2 Å². The highest BCUT2D eigenvalue weighted by atomic mass is 16.6. The minimum atomic E-state index is -0.792. The predicted octanol–water partition coefficient (Wildman–Crippen LogP) is 16.9. The number of esters is 3. The van der Waals surface area contributed by atoms with Crippen LogP contribution in [0.5, 0.6) is 0 Å².